The quantitative estimate of drug-likeness (QED) is 0.238. The van der Waals surface area contributed by atoms with Gasteiger partial charge in [-0.2, -0.15) is 0 Å². The number of amides is 1. The number of nitrogens with one attached hydrogen (secondary N) is 2. The van der Waals surface area contributed by atoms with Crippen molar-refractivity contribution < 1.29 is 18.3 Å². The van der Waals surface area contributed by atoms with Gasteiger partial charge in [-0.3, -0.25) is 19.1 Å². The highest BCUT2D eigenvalue weighted by Gasteiger charge is 2.16. The summed E-state index contributed by atoms with van der Waals surface area (Å²) in [5.41, 5.74) is 1.72. The first-order valence-corrected chi connectivity index (χ1v) is 12.4. The van der Waals surface area contributed by atoms with Crippen LogP contribution in [0.25, 0.3) is 16.8 Å². The molecule has 0 atom stereocenters. The molecule has 0 saturated carbocycles. The molecule has 3 heterocycles. The Balaban J connectivity index is 1.37. The van der Waals surface area contributed by atoms with Crippen LogP contribution in [0.1, 0.15) is 16.1 Å². The van der Waals surface area contributed by atoms with E-state index < -0.39 is 23.1 Å². The zero-order valence-electron chi connectivity index (χ0n) is 20.1. The molecule has 0 bridgehead atoms. The van der Waals surface area contributed by atoms with E-state index >= 15 is 4.39 Å². The Morgan fingerprint density at radius 2 is 1.87 bits per heavy atom. The largest absolute Gasteiger partial charge is 0.452 e. The van der Waals surface area contributed by atoms with E-state index in [9.17, 15) is 14.0 Å². The number of ether oxygens (including phenoxy) is 1. The summed E-state index contributed by atoms with van der Waals surface area (Å²) in [5, 5.41) is 11.8. The summed E-state index contributed by atoms with van der Waals surface area (Å²) < 4.78 is 39.4. The Labute approximate surface area is 224 Å². The van der Waals surface area contributed by atoms with Crippen LogP contribution in [0.4, 0.5) is 14.5 Å². The molecule has 0 spiro atoms. The second-order valence-corrected chi connectivity index (χ2v) is 8.92. The van der Waals surface area contributed by atoms with Crippen molar-refractivity contribution in [1.29, 1.82) is 5.41 Å². The Kier molecular flexibility index (Phi) is 7.32. The maximum Gasteiger partial charge on any atom is 0.267 e. The molecule has 8 nitrogen and oxygen atoms in total. The van der Waals surface area contributed by atoms with Crippen molar-refractivity contribution >= 4 is 29.3 Å². The molecule has 2 N–H and O–H groups in total. The molecule has 0 aliphatic rings. The van der Waals surface area contributed by atoms with E-state index in [4.69, 9.17) is 10.1 Å². The molecule has 5 aromatic rings. The van der Waals surface area contributed by atoms with Crippen molar-refractivity contribution in [3.05, 3.63) is 118 Å². The van der Waals surface area contributed by atoms with Crippen LogP contribution in [-0.2, 0) is 6.42 Å². The molecule has 0 unspecified atom stereocenters. The molecule has 39 heavy (non-hydrogen) atoms. The maximum atomic E-state index is 15.0. The minimum Gasteiger partial charge on any atom is -0.452 e. The number of rotatable bonds is 8. The van der Waals surface area contributed by atoms with E-state index in [-0.39, 0.29) is 29.2 Å². The SMILES string of the molecule is N=CCc1ncc(-c2cnsc2)cc1Oc1ccc(NC(=O)c2cccn(-c3ccc(F)cc3)c2=O)cc1F. The molecule has 194 valence electrons. The fourth-order valence-corrected chi connectivity index (χ4v) is 4.31. The number of hydrogen-bond donors (Lipinski definition) is 2. The van der Waals surface area contributed by atoms with Crippen LogP contribution >= 0.6 is 11.5 Å². The number of nitrogens with zero attached hydrogens (tertiary/aromatic N) is 3. The lowest BCUT2D eigenvalue weighted by Crippen LogP contribution is -2.27. The standard InChI is InChI=1S/C28H19F2N5O3S/c29-19-3-6-21(7-4-19)35-11-1-2-22(28(35)37)27(36)34-20-5-8-25(23(30)13-20)38-26-12-17(18-15-33-39-16-18)14-32-24(26)9-10-31/h1-8,10-16,31H,9H2,(H,34,36). The Hall–Kier alpha value is -5.03. The topological polar surface area (TPSA) is 110 Å². The van der Waals surface area contributed by atoms with Gasteiger partial charge in [0.15, 0.2) is 11.6 Å². The van der Waals surface area contributed by atoms with Gasteiger partial charge in [0, 0.05) is 65.2 Å². The van der Waals surface area contributed by atoms with Crippen molar-refractivity contribution in [1.82, 2.24) is 13.9 Å². The Bertz CT molecular complexity index is 1720. The number of hydrogen-bond acceptors (Lipinski definition) is 7. The normalized spacial score (nSPS) is 10.7. The fraction of sp³-hybridized carbons (Fsp3) is 0.0357. The van der Waals surface area contributed by atoms with Gasteiger partial charge >= 0.3 is 0 Å². The molecular formula is C28H19F2N5O3S. The molecule has 0 fully saturated rings. The summed E-state index contributed by atoms with van der Waals surface area (Å²) in [6.45, 7) is 0. The molecular weight excluding hydrogens is 524 g/mol. The molecule has 2 aromatic carbocycles. The number of carbonyl (C=O) groups excluding carboxylic acids is 1. The molecule has 1 amide bonds. The van der Waals surface area contributed by atoms with Crippen LogP contribution in [0.3, 0.4) is 0 Å². The third-order valence-electron chi connectivity index (χ3n) is 5.70. The molecule has 3 aromatic heterocycles. The monoisotopic (exact) mass is 543 g/mol. The van der Waals surface area contributed by atoms with Crippen molar-refractivity contribution in [2.75, 3.05) is 5.32 Å². The van der Waals surface area contributed by atoms with Crippen molar-refractivity contribution in [3.63, 3.8) is 0 Å². The summed E-state index contributed by atoms with van der Waals surface area (Å²) in [6.07, 6.45) is 6.14. The van der Waals surface area contributed by atoms with Gasteiger partial charge in [-0.05, 0) is 66.1 Å². The van der Waals surface area contributed by atoms with Gasteiger partial charge < -0.3 is 15.5 Å². The average molecular weight is 544 g/mol. The predicted molar refractivity (Wildman–Crippen MR) is 144 cm³/mol. The van der Waals surface area contributed by atoms with Gasteiger partial charge in [0.25, 0.3) is 11.5 Å². The Morgan fingerprint density at radius 1 is 1.05 bits per heavy atom. The van der Waals surface area contributed by atoms with Crippen molar-refractivity contribution in [3.8, 4) is 28.3 Å². The highest BCUT2D eigenvalue weighted by molar-refractivity contribution is 7.03. The number of carbonyl (C=O) groups is 1. The second kappa shape index (κ2) is 11.2. The first-order valence-electron chi connectivity index (χ1n) is 11.6. The molecule has 11 heteroatoms. The summed E-state index contributed by atoms with van der Waals surface area (Å²) >= 11 is 1.28. The van der Waals surface area contributed by atoms with Crippen molar-refractivity contribution in [2.45, 2.75) is 6.42 Å². The number of halogens is 2. The van der Waals surface area contributed by atoms with E-state index in [0.29, 0.717) is 11.4 Å². The number of pyridine rings is 2. The molecule has 5 rings (SSSR count). The van der Waals surface area contributed by atoms with E-state index in [1.165, 1.54) is 77.0 Å². The summed E-state index contributed by atoms with van der Waals surface area (Å²) in [5.74, 6) is -1.78. The minimum atomic E-state index is -0.756. The molecule has 0 aliphatic carbocycles. The van der Waals surface area contributed by atoms with Gasteiger partial charge in [0.05, 0.1) is 5.69 Å². The lowest BCUT2D eigenvalue weighted by Gasteiger charge is -2.13. The highest BCUT2D eigenvalue weighted by atomic mass is 32.1. The van der Waals surface area contributed by atoms with E-state index in [0.717, 1.165) is 17.2 Å². The van der Waals surface area contributed by atoms with Crippen LogP contribution in [0.15, 0.2) is 89.4 Å². The minimum absolute atomic E-state index is 0.109. The van der Waals surface area contributed by atoms with E-state index in [1.54, 1.807) is 18.5 Å². The lowest BCUT2D eigenvalue weighted by molar-refractivity contribution is 0.102. The summed E-state index contributed by atoms with van der Waals surface area (Å²) in [6, 6.07) is 13.7. The Morgan fingerprint density at radius 3 is 2.59 bits per heavy atom. The third-order valence-corrected chi connectivity index (χ3v) is 6.28. The maximum absolute atomic E-state index is 15.0. The molecule has 0 aliphatic heterocycles. The highest BCUT2D eigenvalue weighted by Crippen LogP contribution is 2.32. The molecule has 0 radical (unpaired) electrons. The van der Waals surface area contributed by atoms with Gasteiger partial charge in [-0.25, -0.2) is 13.2 Å². The lowest BCUT2D eigenvalue weighted by atomic mass is 10.1. The van der Waals surface area contributed by atoms with Gasteiger partial charge in [0.1, 0.15) is 17.1 Å². The summed E-state index contributed by atoms with van der Waals surface area (Å²) in [4.78, 5) is 30.1. The van der Waals surface area contributed by atoms with Crippen LogP contribution in [0.5, 0.6) is 11.5 Å². The van der Waals surface area contributed by atoms with Crippen LogP contribution in [0.2, 0.25) is 0 Å². The molecule has 0 saturated heterocycles. The third kappa shape index (κ3) is 5.63. The number of benzene rings is 2. The van der Waals surface area contributed by atoms with Crippen LogP contribution in [-0.4, -0.2) is 26.0 Å². The van der Waals surface area contributed by atoms with Crippen LogP contribution < -0.4 is 15.6 Å². The number of aromatic nitrogens is 3. The fourth-order valence-electron chi connectivity index (χ4n) is 3.77. The summed E-state index contributed by atoms with van der Waals surface area (Å²) in [7, 11) is 0. The smallest absolute Gasteiger partial charge is 0.267 e. The van der Waals surface area contributed by atoms with E-state index in [1.807, 2.05) is 5.38 Å². The van der Waals surface area contributed by atoms with E-state index in [2.05, 4.69) is 14.7 Å². The van der Waals surface area contributed by atoms with Gasteiger partial charge in [-0.1, -0.05) is 0 Å². The zero-order valence-corrected chi connectivity index (χ0v) is 20.9. The van der Waals surface area contributed by atoms with Crippen molar-refractivity contribution in [2.24, 2.45) is 0 Å². The number of anilines is 1. The predicted octanol–water partition coefficient (Wildman–Crippen LogP) is 5.87. The second-order valence-electron chi connectivity index (χ2n) is 8.27. The van der Waals surface area contributed by atoms with Crippen LogP contribution in [0, 0.1) is 17.0 Å². The zero-order chi connectivity index (χ0) is 27.4. The average Bonchev–Trinajstić information content (AvgIpc) is 3.47. The first-order chi connectivity index (χ1) is 18.9. The van der Waals surface area contributed by atoms with Gasteiger partial charge in [0.2, 0.25) is 0 Å². The first kappa shape index (κ1) is 25.6. The van der Waals surface area contributed by atoms with Gasteiger partial charge in [-0.15, -0.1) is 0 Å².